The summed E-state index contributed by atoms with van der Waals surface area (Å²) in [6.07, 6.45) is 4.24. The van der Waals surface area contributed by atoms with Crippen LogP contribution in [-0.4, -0.2) is 12.1 Å². The third-order valence-corrected chi connectivity index (χ3v) is 4.34. The summed E-state index contributed by atoms with van der Waals surface area (Å²) in [5, 5.41) is 1.20. The molecule has 1 aromatic heterocycles. The highest BCUT2D eigenvalue weighted by Gasteiger charge is 2.28. The van der Waals surface area contributed by atoms with Crippen molar-refractivity contribution in [3.05, 3.63) is 51.7 Å². The fourth-order valence-electron chi connectivity index (χ4n) is 2.00. The lowest BCUT2D eigenvalue weighted by Crippen LogP contribution is -2.01. The lowest BCUT2D eigenvalue weighted by atomic mass is 10.1. The van der Waals surface area contributed by atoms with E-state index in [2.05, 4.69) is 4.98 Å². The van der Waals surface area contributed by atoms with E-state index in [0.29, 0.717) is 5.92 Å². The maximum Gasteiger partial charge on any atom is 0.123 e. The normalized spacial score (nSPS) is 16.8. The molecular formula is C14H14FNOS. The van der Waals surface area contributed by atoms with Gasteiger partial charge in [0.1, 0.15) is 11.9 Å². The van der Waals surface area contributed by atoms with Gasteiger partial charge in [0.15, 0.2) is 0 Å². The highest BCUT2D eigenvalue weighted by Crippen LogP contribution is 2.43. The van der Waals surface area contributed by atoms with Gasteiger partial charge in [-0.05, 0) is 30.5 Å². The number of nitrogens with zero attached hydrogens (tertiary/aromatic N) is 1. The lowest BCUT2D eigenvalue weighted by Gasteiger charge is -2.13. The first-order valence-electron chi connectivity index (χ1n) is 6.02. The van der Waals surface area contributed by atoms with Crippen LogP contribution >= 0.6 is 11.3 Å². The summed E-state index contributed by atoms with van der Waals surface area (Å²) < 4.78 is 18.4. The topological polar surface area (TPSA) is 22.1 Å². The molecule has 1 aliphatic carbocycles. The minimum absolute atomic E-state index is 0.143. The number of ether oxygens (including phenoxy) is 1. The molecule has 0 amide bonds. The summed E-state index contributed by atoms with van der Waals surface area (Å²) in [6, 6.07) is 6.45. The largest absolute Gasteiger partial charge is 0.371 e. The van der Waals surface area contributed by atoms with Crippen molar-refractivity contribution in [1.82, 2.24) is 4.98 Å². The molecular weight excluding hydrogens is 249 g/mol. The van der Waals surface area contributed by atoms with Gasteiger partial charge in [0.2, 0.25) is 0 Å². The molecule has 94 valence electrons. The summed E-state index contributed by atoms with van der Waals surface area (Å²) in [7, 11) is 1.67. The van der Waals surface area contributed by atoms with Gasteiger partial charge in [-0.25, -0.2) is 9.37 Å². The fourth-order valence-corrected chi connectivity index (χ4v) is 3.19. The van der Waals surface area contributed by atoms with Crippen molar-refractivity contribution in [3.63, 3.8) is 0 Å². The van der Waals surface area contributed by atoms with Crippen LogP contribution in [0.25, 0.3) is 0 Å². The molecule has 2 aromatic rings. The Labute approximate surface area is 109 Å². The van der Waals surface area contributed by atoms with Crippen LogP contribution in [0.1, 0.15) is 40.3 Å². The van der Waals surface area contributed by atoms with Crippen LogP contribution in [-0.2, 0) is 4.74 Å². The number of methoxy groups -OCH3 is 1. The molecule has 1 fully saturated rings. The summed E-state index contributed by atoms with van der Waals surface area (Å²) >= 11 is 1.71. The molecule has 0 bridgehead atoms. The molecule has 4 heteroatoms. The van der Waals surface area contributed by atoms with Crippen LogP contribution in [0, 0.1) is 5.82 Å². The first-order chi connectivity index (χ1) is 8.78. The Morgan fingerprint density at radius 3 is 2.67 bits per heavy atom. The van der Waals surface area contributed by atoms with Crippen molar-refractivity contribution in [2.75, 3.05) is 7.11 Å². The number of halogens is 1. The second-order valence-electron chi connectivity index (χ2n) is 4.54. The number of benzene rings is 1. The molecule has 1 unspecified atom stereocenters. The molecule has 18 heavy (non-hydrogen) atoms. The van der Waals surface area contributed by atoms with Crippen molar-refractivity contribution < 1.29 is 9.13 Å². The molecule has 2 nitrogen and oxygen atoms in total. The van der Waals surface area contributed by atoms with Crippen LogP contribution < -0.4 is 0 Å². The molecule has 1 heterocycles. The number of rotatable bonds is 4. The van der Waals surface area contributed by atoms with E-state index in [1.54, 1.807) is 30.6 Å². The fraction of sp³-hybridized carbons (Fsp3) is 0.357. The third kappa shape index (κ3) is 2.31. The van der Waals surface area contributed by atoms with Crippen molar-refractivity contribution in [2.45, 2.75) is 24.9 Å². The molecule has 3 rings (SSSR count). The number of hydrogen-bond donors (Lipinski definition) is 0. The van der Waals surface area contributed by atoms with Gasteiger partial charge in [0, 0.05) is 19.2 Å². The van der Waals surface area contributed by atoms with Crippen LogP contribution in [0.15, 0.2) is 30.5 Å². The van der Waals surface area contributed by atoms with Gasteiger partial charge in [-0.2, -0.15) is 0 Å². The van der Waals surface area contributed by atoms with Gasteiger partial charge in [-0.3, -0.25) is 0 Å². The van der Waals surface area contributed by atoms with E-state index < -0.39 is 0 Å². The van der Waals surface area contributed by atoms with Crippen LogP contribution in [0.4, 0.5) is 4.39 Å². The minimum Gasteiger partial charge on any atom is -0.371 e. The predicted molar refractivity (Wildman–Crippen MR) is 69.3 cm³/mol. The maximum absolute atomic E-state index is 12.9. The highest BCUT2D eigenvalue weighted by molar-refractivity contribution is 7.11. The Bertz CT molecular complexity index is 533. The molecule has 0 saturated heterocycles. The second kappa shape index (κ2) is 4.78. The Hall–Kier alpha value is -1.26. The molecule has 0 aliphatic heterocycles. The predicted octanol–water partition coefficient (Wildman–Crippen LogP) is 3.90. The van der Waals surface area contributed by atoms with Gasteiger partial charge in [-0.15, -0.1) is 11.3 Å². The third-order valence-electron chi connectivity index (χ3n) is 3.13. The summed E-state index contributed by atoms with van der Waals surface area (Å²) in [5.41, 5.74) is 0.963. The monoisotopic (exact) mass is 263 g/mol. The van der Waals surface area contributed by atoms with E-state index in [1.807, 2.05) is 6.20 Å². The van der Waals surface area contributed by atoms with Crippen molar-refractivity contribution in [3.8, 4) is 0 Å². The first kappa shape index (κ1) is 11.8. The minimum atomic E-state index is -0.225. The van der Waals surface area contributed by atoms with Gasteiger partial charge in [0.25, 0.3) is 0 Å². The zero-order chi connectivity index (χ0) is 12.5. The van der Waals surface area contributed by atoms with Crippen molar-refractivity contribution >= 4 is 11.3 Å². The maximum atomic E-state index is 12.9. The second-order valence-corrected chi connectivity index (χ2v) is 5.64. The van der Waals surface area contributed by atoms with E-state index in [1.165, 1.54) is 30.0 Å². The molecule has 1 aliphatic rings. The van der Waals surface area contributed by atoms with Crippen LogP contribution in [0.5, 0.6) is 0 Å². The number of hydrogen-bond acceptors (Lipinski definition) is 3. The summed E-state index contributed by atoms with van der Waals surface area (Å²) in [5.74, 6) is 0.436. The van der Waals surface area contributed by atoms with Crippen LogP contribution in [0.3, 0.4) is 0 Å². The van der Waals surface area contributed by atoms with Crippen molar-refractivity contribution in [2.24, 2.45) is 0 Å². The quantitative estimate of drug-likeness (QED) is 0.834. The van der Waals surface area contributed by atoms with Crippen molar-refractivity contribution in [1.29, 1.82) is 0 Å². The van der Waals surface area contributed by atoms with E-state index in [0.717, 1.165) is 10.4 Å². The molecule has 0 N–H and O–H groups in total. The summed E-state index contributed by atoms with van der Waals surface area (Å²) in [6.45, 7) is 0. The first-order valence-corrected chi connectivity index (χ1v) is 6.83. The number of aromatic nitrogens is 1. The molecule has 1 saturated carbocycles. The SMILES string of the molecule is COC(c1ccc(F)cc1)c1cnc(C2CC2)s1. The van der Waals surface area contributed by atoms with Gasteiger partial charge < -0.3 is 4.74 Å². The van der Waals surface area contributed by atoms with Gasteiger partial charge in [0.05, 0.1) is 9.88 Å². The van der Waals surface area contributed by atoms with E-state index >= 15 is 0 Å². The Morgan fingerprint density at radius 2 is 2.06 bits per heavy atom. The van der Waals surface area contributed by atoms with E-state index in [-0.39, 0.29) is 11.9 Å². The van der Waals surface area contributed by atoms with Crippen LogP contribution in [0.2, 0.25) is 0 Å². The zero-order valence-corrected chi connectivity index (χ0v) is 10.9. The standard InChI is InChI=1S/C14H14FNOS/c1-17-13(9-4-6-11(15)7-5-9)12-8-16-14(18-12)10-2-3-10/h4-8,10,13H,2-3H2,1H3. The average molecular weight is 263 g/mol. The summed E-state index contributed by atoms with van der Waals surface area (Å²) in [4.78, 5) is 5.54. The molecule has 0 spiro atoms. The molecule has 0 radical (unpaired) electrons. The Morgan fingerprint density at radius 1 is 1.33 bits per heavy atom. The van der Waals surface area contributed by atoms with E-state index in [4.69, 9.17) is 4.74 Å². The van der Waals surface area contributed by atoms with Gasteiger partial charge in [-0.1, -0.05) is 12.1 Å². The van der Waals surface area contributed by atoms with Gasteiger partial charge >= 0.3 is 0 Å². The Balaban J connectivity index is 1.88. The smallest absolute Gasteiger partial charge is 0.123 e. The molecule has 1 aromatic carbocycles. The Kier molecular flexibility index (Phi) is 3.14. The number of thiazole rings is 1. The van der Waals surface area contributed by atoms with E-state index in [9.17, 15) is 4.39 Å². The average Bonchev–Trinajstić information content (AvgIpc) is 3.13. The zero-order valence-electron chi connectivity index (χ0n) is 10.1. The molecule has 1 atom stereocenters. The lowest BCUT2D eigenvalue weighted by molar-refractivity contribution is 0.139. The highest BCUT2D eigenvalue weighted by atomic mass is 32.1.